The van der Waals surface area contributed by atoms with Crippen LogP contribution in [-0.4, -0.2) is 23.4 Å². The summed E-state index contributed by atoms with van der Waals surface area (Å²) in [5.41, 5.74) is 2.33. The van der Waals surface area contributed by atoms with E-state index in [4.69, 9.17) is 0 Å². The Morgan fingerprint density at radius 1 is 1.19 bits per heavy atom. The van der Waals surface area contributed by atoms with Gasteiger partial charge in [0.1, 0.15) is 11.6 Å². The average molecular weight is 426 g/mol. The number of rotatable bonds is 8. The van der Waals surface area contributed by atoms with Crippen molar-refractivity contribution in [2.45, 2.75) is 32.9 Å². The minimum atomic E-state index is -0.259. The minimum absolute atomic E-state index is 0.00488. The van der Waals surface area contributed by atoms with Gasteiger partial charge in [0.15, 0.2) is 0 Å². The molecular weight excluding hydrogens is 402 g/mol. The lowest BCUT2D eigenvalue weighted by Gasteiger charge is -2.26. The van der Waals surface area contributed by atoms with Gasteiger partial charge in [-0.15, -0.1) is 0 Å². The van der Waals surface area contributed by atoms with Gasteiger partial charge in [0, 0.05) is 29.8 Å². The normalized spacial score (nSPS) is 11.1. The third kappa shape index (κ3) is 6.26. The highest BCUT2D eigenvalue weighted by Crippen LogP contribution is 2.16. The molecule has 140 valence electrons. The highest BCUT2D eigenvalue weighted by molar-refractivity contribution is 9.10. The molecule has 0 aromatic heterocycles. The Morgan fingerprint density at radius 3 is 2.48 bits per heavy atom. The maximum Gasteiger partial charge on any atom is 0.266 e. The Labute approximate surface area is 169 Å². The molecule has 27 heavy (non-hydrogen) atoms. The first-order chi connectivity index (χ1) is 13.0. The number of carbonyl (C=O) groups excluding carboxylic acids is 1. The first-order valence-electron chi connectivity index (χ1n) is 8.95. The molecule has 0 fully saturated rings. The van der Waals surface area contributed by atoms with Gasteiger partial charge in [-0.1, -0.05) is 64.5 Å². The second-order valence-corrected chi connectivity index (χ2v) is 7.33. The number of benzene rings is 2. The van der Waals surface area contributed by atoms with Crippen LogP contribution < -0.4 is 5.32 Å². The second kappa shape index (κ2) is 10.5. The van der Waals surface area contributed by atoms with Crippen LogP contribution in [0.2, 0.25) is 0 Å². The standard InChI is InChI=1S/C22H24BrN3O/c1-17(2)26(16-18-8-4-3-5-9-18)22(27)20(14-24)15-25-13-12-19-10-6-7-11-21(19)23/h3-11,15,17,25H,12-13,16H2,1-2H3/b20-15-. The van der Waals surface area contributed by atoms with E-state index in [0.717, 1.165) is 16.5 Å². The van der Waals surface area contributed by atoms with E-state index in [9.17, 15) is 10.1 Å². The molecule has 0 unspecified atom stereocenters. The van der Waals surface area contributed by atoms with Crippen LogP contribution in [0.25, 0.3) is 0 Å². The summed E-state index contributed by atoms with van der Waals surface area (Å²) in [4.78, 5) is 14.5. The van der Waals surface area contributed by atoms with E-state index >= 15 is 0 Å². The molecule has 0 bridgehead atoms. The lowest BCUT2D eigenvalue weighted by Crippen LogP contribution is -2.37. The maximum atomic E-state index is 12.8. The summed E-state index contributed by atoms with van der Waals surface area (Å²) < 4.78 is 1.06. The summed E-state index contributed by atoms with van der Waals surface area (Å²) >= 11 is 3.52. The van der Waals surface area contributed by atoms with E-state index in [1.54, 1.807) is 4.90 Å². The number of nitrogens with zero attached hydrogens (tertiary/aromatic N) is 2. The number of hydrogen-bond acceptors (Lipinski definition) is 3. The van der Waals surface area contributed by atoms with Crippen molar-refractivity contribution in [2.24, 2.45) is 0 Å². The van der Waals surface area contributed by atoms with E-state index in [-0.39, 0.29) is 17.5 Å². The highest BCUT2D eigenvalue weighted by atomic mass is 79.9. The van der Waals surface area contributed by atoms with Crippen molar-refractivity contribution in [3.8, 4) is 6.07 Å². The van der Waals surface area contributed by atoms with Gasteiger partial charge in [-0.05, 0) is 37.5 Å². The van der Waals surface area contributed by atoms with Crippen LogP contribution in [-0.2, 0) is 17.8 Å². The molecule has 1 N–H and O–H groups in total. The molecule has 0 saturated heterocycles. The van der Waals surface area contributed by atoms with Gasteiger partial charge in [-0.25, -0.2) is 0 Å². The fourth-order valence-electron chi connectivity index (χ4n) is 2.65. The van der Waals surface area contributed by atoms with Crippen molar-refractivity contribution >= 4 is 21.8 Å². The van der Waals surface area contributed by atoms with Crippen LogP contribution in [0.15, 0.2) is 70.8 Å². The van der Waals surface area contributed by atoms with Gasteiger partial charge >= 0.3 is 0 Å². The first kappa shape index (κ1) is 20.7. The van der Waals surface area contributed by atoms with Gasteiger partial charge in [0.25, 0.3) is 5.91 Å². The summed E-state index contributed by atoms with van der Waals surface area (Å²) in [6, 6.07) is 19.8. The van der Waals surface area contributed by atoms with Crippen LogP contribution >= 0.6 is 15.9 Å². The van der Waals surface area contributed by atoms with E-state index in [0.29, 0.717) is 13.1 Å². The van der Waals surface area contributed by atoms with Crippen molar-refractivity contribution in [3.05, 3.63) is 82.0 Å². The second-order valence-electron chi connectivity index (χ2n) is 6.48. The van der Waals surface area contributed by atoms with Crippen LogP contribution in [0.1, 0.15) is 25.0 Å². The van der Waals surface area contributed by atoms with Crippen molar-refractivity contribution < 1.29 is 4.79 Å². The molecule has 0 aliphatic carbocycles. The predicted molar refractivity (Wildman–Crippen MR) is 112 cm³/mol. The summed E-state index contributed by atoms with van der Waals surface area (Å²) in [7, 11) is 0. The number of halogens is 1. The monoisotopic (exact) mass is 425 g/mol. The zero-order valence-electron chi connectivity index (χ0n) is 15.7. The van der Waals surface area contributed by atoms with E-state index in [1.807, 2.05) is 74.5 Å². The SMILES string of the molecule is CC(C)N(Cc1ccccc1)C(=O)/C(C#N)=C\NCCc1ccccc1Br. The molecule has 2 rings (SSSR count). The zero-order chi connectivity index (χ0) is 19.6. The van der Waals surface area contributed by atoms with Gasteiger partial charge in [0.05, 0.1) is 0 Å². The number of carbonyl (C=O) groups is 1. The van der Waals surface area contributed by atoms with Crippen molar-refractivity contribution in [1.29, 1.82) is 5.26 Å². The summed E-state index contributed by atoms with van der Waals surface area (Å²) in [6.45, 7) is 5.03. The molecule has 0 atom stereocenters. The number of amides is 1. The molecule has 0 radical (unpaired) electrons. The molecule has 2 aromatic rings. The Kier molecular flexibility index (Phi) is 8.09. The van der Waals surface area contributed by atoms with Gasteiger partial charge in [-0.2, -0.15) is 5.26 Å². The Morgan fingerprint density at radius 2 is 1.85 bits per heavy atom. The fraction of sp³-hybridized carbons (Fsp3) is 0.273. The molecule has 2 aromatic carbocycles. The number of nitrogens with one attached hydrogen (secondary N) is 1. The topological polar surface area (TPSA) is 56.1 Å². The first-order valence-corrected chi connectivity index (χ1v) is 9.74. The van der Waals surface area contributed by atoms with Crippen molar-refractivity contribution in [3.63, 3.8) is 0 Å². The quantitative estimate of drug-likeness (QED) is 0.386. The molecular formula is C22H24BrN3O. The van der Waals surface area contributed by atoms with Crippen LogP contribution in [0.4, 0.5) is 0 Å². The van der Waals surface area contributed by atoms with Crippen LogP contribution in [0.5, 0.6) is 0 Å². The van der Waals surface area contributed by atoms with Gasteiger partial charge in [0.2, 0.25) is 0 Å². The van der Waals surface area contributed by atoms with E-state index in [2.05, 4.69) is 21.2 Å². The Bertz CT molecular complexity index is 825. The summed E-state index contributed by atoms with van der Waals surface area (Å²) in [5, 5.41) is 12.5. The van der Waals surface area contributed by atoms with Crippen LogP contribution in [0.3, 0.4) is 0 Å². The highest BCUT2D eigenvalue weighted by Gasteiger charge is 2.21. The third-order valence-electron chi connectivity index (χ3n) is 4.17. The molecule has 5 heteroatoms. The molecule has 0 heterocycles. The molecule has 1 amide bonds. The van der Waals surface area contributed by atoms with Gasteiger partial charge in [-0.3, -0.25) is 4.79 Å². The molecule has 0 saturated carbocycles. The Balaban J connectivity index is 2.00. The lowest BCUT2D eigenvalue weighted by molar-refractivity contribution is -0.129. The summed E-state index contributed by atoms with van der Waals surface area (Å²) in [5.74, 6) is -0.259. The molecule has 0 aliphatic heterocycles. The number of nitriles is 1. The smallest absolute Gasteiger partial charge is 0.266 e. The van der Waals surface area contributed by atoms with E-state index in [1.165, 1.54) is 11.8 Å². The van der Waals surface area contributed by atoms with Crippen molar-refractivity contribution in [2.75, 3.05) is 6.54 Å². The maximum absolute atomic E-state index is 12.8. The van der Waals surface area contributed by atoms with E-state index < -0.39 is 0 Å². The van der Waals surface area contributed by atoms with Gasteiger partial charge < -0.3 is 10.2 Å². The number of hydrogen-bond donors (Lipinski definition) is 1. The largest absolute Gasteiger partial charge is 0.389 e. The zero-order valence-corrected chi connectivity index (χ0v) is 17.2. The molecule has 0 aliphatic rings. The molecule has 0 spiro atoms. The third-order valence-corrected chi connectivity index (χ3v) is 4.95. The lowest BCUT2D eigenvalue weighted by atomic mass is 10.1. The fourth-order valence-corrected chi connectivity index (χ4v) is 3.13. The van der Waals surface area contributed by atoms with Crippen molar-refractivity contribution in [1.82, 2.24) is 10.2 Å². The Hall–Kier alpha value is -2.58. The predicted octanol–water partition coefficient (Wildman–Crippen LogP) is 4.43. The minimum Gasteiger partial charge on any atom is -0.389 e. The summed E-state index contributed by atoms with van der Waals surface area (Å²) in [6.07, 6.45) is 2.32. The average Bonchev–Trinajstić information content (AvgIpc) is 2.67. The molecule has 4 nitrogen and oxygen atoms in total. The van der Waals surface area contributed by atoms with Crippen LogP contribution in [0, 0.1) is 11.3 Å².